The third-order valence-corrected chi connectivity index (χ3v) is 7.28. The molecule has 8 nitrogen and oxygen atoms in total. The number of nitrogens with one attached hydrogen (secondary N) is 3. The summed E-state index contributed by atoms with van der Waals surface area (Å²) in [4.78, 5) is 29.4. The molecule has 0 saturated carbocycles. The monoisotopic (exact) mass is 615 g/mol. The van der Waals surface area contributed by atoms with Crippen LogP contribution in [0.3, 0.4) is 0 Å². The van der Waals surface area contributed by atoms with Crippen molar-refractivity contribution < 1.29 is 14.3 Å². The molecule has 3 N–H and O–H groups in total. The van der Waals surface area contributed by atoms with E-state index in [4.69, 9.17) is 27.9 Å². The average molecular weight is 617 g/mol. The first-order chi connectivity index (χ1) is 20.4. The summed E-state index contributed by atoms with van der Waals surface area (Å²) in [6, 6.07) is 28.7. The Morgan fingerprint density at radius 1 is 0.881 bits per heavy atom. The summed E-state index contributed by atoms with van der Waals surface area (Å²) < 4.78 is 5.58. The number of carbonyl (C=O) groups excluding carboxylic acids is 2. The fourth-order valence-electron chi connectivity index (χ4n) is 3.74. The number of amides is 2. The van der Waals surface area contributed by atoms with Gasteiger partial charge in [-0.2, -0.15) is 5.10 Å². The molecular weight excluding hydrogens is 593 g/mol. The van der Waals surface area contributed by atoms with E-state index in [1.54, 1.807) is 54.6 Å². The van der Waals surface area contributed by atoms with E-state index in [9.17, 15) is 9.59 Å². The number of thiazole rings is 1. The van der Waals surface area contributed by atoms with Gasteiger partial charge in [-0.3, -0.25) is 9.59 Å². The SMILES string of the molecule is O=C(COc1cccc(/C=N/NC(=O)c2ccc(-c3csc(Nc4ccccc4)n3)cc2)c1)Nc1ccc(Cl)c(Cl)c1. The van der Waals surface area contributed by atoms with Crippen LogP contribution < -0.4 is 20.8 Å². The molecule has 5 rings (SSSR count). The van der Waals surface area contributed by atoms with Gasteiger partial charge < -0.3 is 15.4 Å². The molecule has 42 heavy (non-hydrogen) atoms. The molecule has 0 radical (unpaired) electrons. The highest BCUT2D eigenvalue weighted by atomic mass is 35.5. The van der Waals surface area contributed by atoms with Crippen LogP contribution in [0, 0.1) is 0 Å². The summed E-state index contributed by atoms with van der Waals surface area (Å²) in [5.74, 6) is -0.243. The molecule has 0 aliphatic rings. The lowest BCUT2D eigenvalue weighted by Gasteiger charge is -2.08. The van der Waals surface area contributed by atoms with Gasteiger partial charge in [-0.1, -0.05) is 65.7 Å². The molecule has 2 amide bonds. The molecule has 0 aliphatic heterocycles. The number of para-hydroxylation sites is 1. The number of benzene rings is 4. The number of aromatic nitrogens is 1. The van der Waals surface area contributed by atoms with Gasteiger partial charge in [0.25, 0.3) is 11.8 Å². The number of carbonyl (C=O) groups is 2. The lowest BCUT2D eigenvalue weighted by molar-refractivity contribution is -0.118. The predicted octanol–water partition coefficient (Wildman–Crippen LogP) is 7.64. The molecule has 1 heterocycles. The first-order valence-corrected chi connectivity index (χ1v) is 14.3. The number of rotatable bonds is 10. The van der Waals surface area contributed by atoms with Crippen LogP contribution in [-0.4, -0.2) is 29.6 Å². The topological polar surface area (TPSA) is 105 Å². The van der Waals surface area contributed by atoms with E-state index < -0.39 is 0 Å². The number of hydrazone groups is 1. The van der Waals surface area contributed by atoms with Crippen LogP contribution in [0.5, 0.6) is 5.75 Å². The van der Waals surface area contributed by atoms with E-state index in [0.717, 1.165) is 22.1 Å². The lowest BCUT2D eigenvalue weighted by atomic mass is 10.1. The van der Waals surface area contributed by atoms with Crippen molar-refractivity contribution in [2.75, 3.05) is 17.2 Å². The van der Waals surface area contributed by atoms with Gasteiger partial charge in [0.1, 0.15) is 5.75 Å². The van der Waals surface area contributed by atoms with E-state index in [-0.39, 0.29) is 18.4 Å². The van der Waals surface area contributed by atoms with Gasteiger partial charge in [-0.15, -0.1) is 11.3 Å². The highest BCUT2D eigenvalue weighted by Crippen LogP contribution is 2.27. The minimum atomic E-state index is -0.357. The zero-order valence-corrected chi connectivity index (χ0v) is 24.2. The van der Waals surface area contributed by atoms with Crippen LogP contribution >= 0.6 is 34.5 Å². The van der Waals surface area contributed by atoms with Crippen LogP contribution in [0.4, 0.5) is 16.5 Å². The molecule has 210 valence electrons. The normalized spacial score (nSPS) is 10.8. The highest BCUT2D eigenvalue weighted by Gasteiger charge is 2.09. The maximum atomic E-state index is 12.6. The minimum Gasteiger partial charge on any atom is -0.484 e. The molecule has 0 atom stereocenters. The Bertz CT molecular complexity index is 1730. The van der Waals surface area contributed by atoms with Crippen molar-refractivity contribution in [3.63, 3.8) is 0 Å². The van der Waals surface area contributed by atoms with E-state index in [1.807, 2.05) is 47.8 Å². The van der Waals surface area contributed by atoms with Gasteiger partial charge in [-0.05, 0) is 60.2 Å². The first kappa shape index (κ1) is 28.8. The van der Waals surface area contributed by atoms with Gasteiger partial charge >= 0.3 is 0 Å². The van der Waals surface area contributed by atoms with Crippen LogP contribution in [0.2, 0.25) is 10.0 Å². The lowest BCUT2D eigenvalue weighted by Crippen LogP contribution is -2.20. The van der Waals surface area contributed by atoms with Crippen molar-refractivity contribution in [1.82, 2.24) is 10.4 Å². The largest absolute Gasteiger partial charge is 0.484 e. The van der Waals surface area contributed by atoms with Crippen LogP contribution in [0.25, 0.3) is 11.3 Å². The second kappa shape index (κ2) is 13.8. The van der Waals surface area contributed by atoms with Crippen molar-refractivity contribution >= 4 is 69.1 Å². The Kier molecular flexibility index (Phi) is 9.45. The number of ether oxygens (including phenoxy) is 1. The Morgan fingerprint density at radius 3 is 2.48 bits per heavy atom. The third kappa shape index (κ3) is 7.94. The van der Waals surface area contributed by atoms with E-state index in [2.05, 4.69) is 26.1 Å². The van der Waals surface area contributed by atoms with Gasteiger partial charge in [-0.25, -0.2) is 10.4 Å². The molecule has 1 aromatic heterocycles. The molecule has 0 spiro atoms. The molecular formula is C31H23Cl2N5O3S. The van der Waals surface area contributed by atoms with Crippen LogP contribution in [0.1, 0.15) is 15.9 Å². The van der Waals surface area contributed by atoms with E-state index >= 15 is 0 Å². The fraction of sp³-hybridized carbons (Fsp3) is 0.0323. The van der Waals surface area contributed by atoms with E-state index in [0.29, 0.717) is 32.6 Å². The second-order valence-corrected chi connectivity index (χ2v) is 10.5. The van der Waals surface area contributed by atoms with Crippen LogP contribution in [-0.2, 0) is 4.79 Å². The van der Waals surface area contributed by atoms with Crippen molar-refractivity contribution in [2.24, 2.45) is 5.10 Å². The zero-order valence-electron chi connectivity index (χ0n) is 21.9. The standard InChI is InChI=1S/C31H23Cl2N5O3S/c32-26-14-13-24(16-27(26)33)35-29(39)18-41-25-8-4-5-20(15-25)17-34-38-30(40)22-11-9-21(10-12-22)28-19-42-31(37-28)36-23-6-2-1-3-7-23/h1-17,19H,18H2,(H,35,39)(H,36,37)(H,38,40)/b34-17+. The Hall–Kier alpha value is -4.70. The predicted molar refractivity (Wildman–Crippen MR) is 169 cm³/mol. The number of anilines is 3. The van der Waals surface area contributed by atoms with Crippen molar-refractivity contribution in [3.05, 3.63) is 124 Å². The molecule has 0 saturated heterocycles. The fourth-order valence-corrected chi connectivity index (χ4v) is 4.77. The first-order valence-electron chi connectivity index (χ1n) is 12.6. The summed E-state index contributed by atoms with van der Waals surface area (Å²) in [6.07, 6.45) is 1.49. The Morgan fingerprint density at radius 2 is 1.69 bits per heavy atom. The Balaban J connectivity index is 1.11. The van der Waals surface area contributed by atoms with Gasteiger partial charge in [0, 0.05) is 27.9 Å². The van der Waals surface area contributed by atoms with Gasteiger partial charge in [0.2, 0.25) is 0 Å². The summed E-state index contributed by atoms with van der Waals surface area (Å²) in [5, 5.41) is 13.5. The summed E-state index contributed by atoms with van der Waals surface area (Å²) in [5.41, 5.74) is 6.85. The van der Waals surface area contributed by atoms with Crippen molar-refractivity contribution in [2.45, 2.75) is 0 Å². The molecule has 0 fully saturated rings. The van der Waals surface area contributed by atoms with Gasteiger partial charge in [0.05, 0.1) is 22.0 Å². The van der Waals surface area contributed by atoms with Crippen molar-refractivity contribution in [1.29, 1.82) is 0 Å². The molecule has 4 aromatic carbocycles. The molecule has 5 aromatic rings. The smallest absolute Gasteiger partial charge is 0.271 e. The Labute approximate surface area is 256 Å². The quantitative estimate of drug-likeness (QED) is 0.111. The molecule has 11 heteroatoms. The summed E-state index contributed by atoms with van der Waals surface area (Å²) in [7, 11) is 0. The van der Waals surface area contributed by atoms with Gasteiger partial charge in [0.15, 0.2) is 11.7 Å². The summed E-state index contributed by atoms with van der Waals surface area (Å²) >= 11 is 13.4. The van der Waals surface area contributed by atoms with Crippen molar-refractivity contribution in [3.8, 4) is 17.0 Å². The zero-order chi connectivity index (χ0) is 29.3. The molecule has 0 aliphatic carbocycles. The van der Waals surface area contributed by atoms with E-state index in [1.165, 1.54) is 17.6 Å². The third-order valence-electron chi connectivity index (χ3n) is 5.78. The number of nitrogens with zero attached hydrogens (tertiary/aromatic N) is 2. The maximum absolute atomic E-state index is 12.6. The number of halogens is 2. The molecule has 0 bridgehead atoms. The average Bonchev–Trinajstić information content (AvgIpc) is 3.47. The maximum Gasteiger partial charge on any atom is 0.271 e. The molecule has 0 unspecified atom stereocenters. The minimum absolute atomic E-state index is 0.209. The van der Waals surface area contributed by atoms with Crippen LogP contribution in [0.15, 0.2) is 108 Å². The second-order valence-electron chi connectivity index (χ2n) is 8.84. The highest BCUT2D eigenvalue weighted by molar-refractivity contribution is 7.14. The summed E-state index contributed by atoms with van der Waals surface area (Å²) in [6.45, 7) is -0.209. The number of hydrogen-bond donors (Lipinski definition) is 3. The number of hydrogen-bond acceptors (Lipinski definition) is 7.